The van der Waals surface area contributed by atoms with Crippen LogP contribution in [0.15, 0.2) is 41.3 Å². The number of ether oxygens (including phenoxy) is 3. The third kappa shape index (κ3) is 7.32. The van der Waals surface area contributed by atoms with Crippen LogP contribution >= 0.6 is 12.2 Å². The Bertz CT molecular complexity index is 1120. The van der Waals surface area contributed by atoms with Gasteiger partial charge in [0.1, 0.15) is 0 Å². The minimum absolute atomic E-state index is 0.00715. The Balaban J connectivity index is 2.16. The highest BCUT2D eigenvalue weighted by Crippen LogP contribution is 2.39. The largest absolute Gasteiger partial charge is 0.490 e. The van der Waals surface area contributed by atoms with Crippen molar-refractivity contribution in [1.29, 1.82) is 0 Å². The van der Waals surface area contributed by atoms with E-state index in [1.54, 1.807) is 0 Å². The molecule has 0 aromatic heterocycles. The summed E-state index contributed by atoms with van der Waals surface area (Å²) in [5.74, 6) is -0.0453. The van der Waals surface area contributed by atoms with Gasteiger partial charge in [-0.05, 0) is 69.4 Å². The summed E-state index contributed by atoms with van der Waals surface area (Å²) < 4.78 is 42.8. The van der Waals surface area contributed by atoms with Crippen molar-refractivity contribution >= 4 is 44.9 Å². The highest BCUT2D eigenvalue weighted by atomic mass is 32.2. The normalized spacial score (nSPS) is 10.7. The molecule has 0 saturated carbocycles. The number of benzene rings is 2. The molecule has 0 spiro atoms. The molecule has 3 N–H and O–H groups in total. The summed E-state index contributed by atoms with van der Waals surface area (Å²) in [4.78, 5) is 23.8. The quantitative estimate of drug-likeness (QED) is 0.414. The van der Waals surface area contributed by atoms with Gasteiger partial charge in [-0.3, -0.25) is 14.9 Å². The van der Waals surface area contributed by atoms with Crippen molar-refractivity contribution in [2.45, 2.75) is 32.6 Å². The predicted molar refractivity (Wildman–Crippen MR) is 131 cm³/mol. The Labute approximate surface area is 204 Å². The van der Waals surface area contributed by atoms with Crippen LogP contribution in [0.25, 0.3) is 0 Å². The third-order valence-electron chi connectivity index (χ3n) is 4.10. The van der Waals surface area contributed by atoms with Crippen LogP contribution in [0.2, 0.25) is 0 Å². The fourth-order valence-corrected chi connectivity index (χ4v) is 4.02. The van der Waals surface area contributed by atoms with Gasteiger partial charge in [0.2, 0.25) is 11.7 Å². The molecule has 34 heavy (non-hydrogen) atoms. The van der Waals surface area contributed by atoms with E-state index in [-0.39, 0.29) is 15.6 Å². The fourth-order valence-electron chi connectivity index (χ4n) is 2.82. The summed E-state index contributed by atoms with van der Waals surface area (Å²) in [7, 11) is -3.95. The molecular weight excluding hydrogens is 482 g/mol. The number of carbonyl (C=O) groups is 2. The zero-order valence-corrected chi connectivity index (χ0v) is 20.9. The molecule has 0 fully saturated rings. The molecule has 0 heterocycles. The summed E-state index contributed by atoms with van der Waals surface area (Å²) in [6.07, 6.45) is 0. The van der Waals surface area contributed by atoms with E-state index in [1.807, 2.05) is 25.5 Å². The van der Waals surface area contributed by atoms with Crippen LogP contribution < -0.4 is 29.6 Å². The molecule has 0 unspecified atom stereocenters. The monoisotopic (exact) mass is 509 g/mol. The van der Waals surface area contributed by atoms with Crippen molar-refractivity contribution in [3.05, 3.63) is 42.0 Å². The van der Waals surface area contributed by atoms with Gasteiger partial charge in [-0.2, -0.15) is 0 Å². The number of amides is 2. The molecule has 0 aliphatic rings. The van der Waals surface area contributed by atoms with Gasteiger partial charge in [0, 0.05) is 18.2 Å². The van der Waals surface area contributed by atoms with Crippen molar-refractivity contribution < 1.29 is 32.2 Å². The zero-order valence-electron chi connectivity index (χ0n) is 19.3. The number of carbonyl (C=O) groups excluding carboxylic acids is 2. The number of sulfonamides is 1. The Morgan fingerprint density at radius 3 is 1.91 bits per heavy atom. The van der Waals surface area contributed by atoms with Crippen molar-refractivity contribution in [3.8, 4) is 17.2 Å². The Morgan fingerprint density at radius 1 is 0.912 bits per heavy atom. The van der Waals surface area contributed by atoms with Gasteiger partial charge in [-0.15, -0.1) is 0 Å². The van der Waals surface area contributed by atoms with E-state index in [0.29, 0.717) is 42.8 Å². The smallest absolute Gasteiger partial charge is 0.264 e. The first-order valence-corrected chi connectivity index (χ1v) is 12.3. The van der Waals surface area contributed by atoms with Gasteiger partial charge in [-0.1, -0.05) is 0 Å². The molecule has 2 aromatic rings. The zero-order chi connectivity index (χ0) is 25.3. The molecule has 0 bridgehead atoms. The molecule has 0 atom stereocenters. The lowest BCUT2D eigenvalue weighted by molar-refractivity contribution is -0.117. The predicted octanol–water partition coefficient (Wildman–Crippen LogP) is 2.83. The van der Waals surface area contributed by atoms with Crippen LogP contribution in [0.4, 0.5) is 5.69 Å². The topological polar surface area (TPSA) is 132 Å². The van der Waals surface area contributed by atoms with Crippen LogP contribution in [0, 0.1) is 0 Å². The van der Waals surface area contributed by atoms with Gasteiger partial charge in [-0.25, -0.2) is 13.1 Å². The van der Waals surface area contributed by atoms with Gasteiger partial charge in [0.15, 0.2) is 16.6 Å². The Morgan fingerprint density at radius 2 is 1.44 bits per heavy atom. The summed E-state index contributed by atoms with van der Waals surface area (Å²) in [5.41, 5.74) is 0.681. The van der Waals surface area contributed by atoms with E-state index in [2.05, 4.69) is 10.6 Å². The van der Waals surface area contributed by atoms with E-state index in [9.17, 15) is 18.0 Å². The van der Waals surface area contributed by atoms with E-state index in [0.717, 1.165) is 6.92 Å². The molecule has 0 saturated heterocycles. The molecule has 2 aromatic carbocycles. The standard InChI is InChI=1S/C22H27N3O7S2/c1-5-30-18-12-15(13-19(31-6-2)20(18)32-7-3)21(27)24-22(33)23-16-8-10-17(11-9-16)34(28,29)25-14(4)26/h8-13H,5-7H2,1-4H3,(H,25,26)(H2,23,24,27,33). The van der Waals surface area contributed by atoms with E-state index < -0.39 is 21.8 Å². The molecule has 184 valence electrons. The number of hydrogen-bond acceptors (Lipinski definition) is 8. The average molecular weight is 510 g/mol. The number of rotatable bonds is 10. The van der Waals surface area contributed by atoms with Crippen molar-refractivity contribution in [1.82, 2.24) is 10.0 Å². The molecule has 10 nitrogen and oxygen atoms in total. The van der Waals surface area contributed by atoms with Crippen LogP contribution in [0.5, 0.6) is 17.2 Å². The number of nitrogens with one attached hydrogen (secondary N) is 3. The van der Waals surface area contributed by atoms with E-state index >= 15 is 0 Å². The first-order valence-electron chi connectivity index (χ1n) is 10.4. The van der Waals surface area contributed by atoms with E-state index in [1.165, 1.54) is 36.4 Å². The second-order valence-electron chi connectivity index (χ2n) is 6.69. The third-order valence-corrected chi connectivity index (χ3v) is 5.75. The van der Waals surface area contributed by atoms with Gasteiger partial charge < -0.3 is 19.5 Å². The van der Waals surface area contributed by atoms with Gasteiger partial charge in [0.25, 0.3) is 15.9 Å². The second kappa shape index (κ2) is 12.2. The summed E-state index contributed by atoms with van der Waals surface area (Å²) in [6, 6.07) is 8.57. The number of thiocarbonyl (C=S) groups is 1. The first kappa shape index (κ1) is 26.9. The number of anilines is 1. The number of hydrogen-bond donors (Lipinski definition) is 3. The van der Waals surface area contributed by atoms with E-state index in [4.69, 9.17) is 26.4 Å². The van der Waals surface area contributed by atoms with Crippen molar-refractivity contribution in [3.63, 3.8) is 0 Å². The van der Waals surface area contributed by atoms with Gasteiger partial charge >= 0.3 is 0 Å². The van der Waals surface area contributed by atoms with Crippen LogP contribution in [0.3, 0.4) is 0 Å². The molecule has 2 amide bonds. The van der Waals surface area contributed by atoms with Crippen LogP contribution in [0.1, 0.15) is 38.1 Å². The maximum absolute atomic E-state index is 12.8. The molecule has 2 rings (SSSR count). The molecular formula is C22H27N3O7S2. The first-order chi connectivity index (χ1) is 16.1. The minimum atomic E-state index is -3.95. The SMILES string of the molecule is CCOc1cc(C(=O)NC(=S)Nc2ccc(S(=O)(=O)NC(C)=O)cc2)cc(OCC)c1OCC. The van der Waals surface area contributed by atoms with Crippen molar-refractivity contribution in [2.75, 3.05) is 25.1 Å². The summed E-state index contributed by atoms with van der Waals surface area (Å²) in [5, 5.41) is 5.36. The highest BCUT2D eigenvalue weighted by Gasteiger charge is 2.19. The second-order valence-corrected chi connectivity index (χ2v) is 8.79. The lowest BCUT2D eigenvalue weighted by Crippen LogP contribution is -2.34. The van der Waals surface area contributed by atoms with Crippen LogP contribution in [-0.4, -0.2) is 45.2 Å². The molecule has 0 aliphatic heterocycles. The maximum Gasteiger partial charge on any atom is 0.264 e. The summed E-state index contributed by atoms with van der Waals surface area (Å²) in [6.45, 7) is 7.69. The molecule has 0 radical (unpaired) electrons. The fraction of sp³-hybridized carbons (Fsp3) is 0.318. The molecule has 12 heteroatoms. The maximum atomic E-state index is 12.8. The minimum Gasteiger partial charge on any atom is -0.490 e. The van der Waals surface area contributed by atoms with Crippen LogP contribution in [-0.2, 0) is 14.8 Å². The lowest BCUT2D eigenvalue weighted by atomic mass is 10.1. The average Bonchev–Trinajstić information content (AvgIpc) is 2.75. The Hall–Kier alpha value is -3.38. The van der Waals surface area contributed by atoms with Gasteiger partial charge in [0.05, 0.1) is 24.7 Å². The summed E-state index contributed by atoms with van der Waals surface area (Å²) >= 11 is 5.21. The highest BCUT2D eigenvalue weighted by molar-refractivity contribution is 7.90. The van der Waals surface area contributed by atoms with Crippen molar-refractivity contribution in [2.24, 2.45) is 0 Å². The lowest BCUT2D eigenvalue weighted by Gasteiger charge is -2.17. The molecule has 0 aliphatic carbocycles. The Kier molecular flexibility index (Phi) is 9.63.